The number of likely N-dealkylation sites (tertiary alicyclic amines) is 1. The summed E-state index contributed by atoms with van der Waals surface area (Å²) in [7, 11) is 2.14. The summed E-state index contributed by atoms with van der Waals surface area (Å²) >= 11 is 0. The second kappa shape index (κ2) is 5.35. The molecule has 3 heteroatoms. The summed E-state index contributed by atoms with van der Waals surface area (Å²) in [6.45, 7) is 5.75. The number of nitrogens with zero attached hydrogens (tertiary/aromatic N) is 1. The molecule has 0 aromatic rings. The molecule has 1 heterocycles. The molecule has 80 valence electrons. The standard InChI is InChI=1S/C11H21N3/c1-3-4-5-7-13-11(9-12)6-8-14(2)10-11/h13H,5-10,12H2,1-2H3. The molecule has 0 radical (unpaired) electrons. The molecule has 1 aliphatic rings. The molecular formula is C11H21N3. The van der Waals surface area contributed by atoms with Gasteiger partial charge in [0, 0.05) is 31.6 Å². The Bertz CT molecular complexity index is 228. The van der Waals surface area contributed by atoms with Gasteiger partial charge in [-0.15, -0.1) is 11.8 Å². The highest BCUT2D eigenvalue weighted by atomic mass is 15.2. The molecule has 0 aromatic heterocycles. The summed E-state index contributed by atoms with van der Waals surface area (Å²) in [5, 5.41) is 3.54. The number of rotatable bonds is 4. The topological polar surface area (TPSA) is 41.3 Å². The molecule has 1 saturated heterocycles. The van der Waals surface area contributed by atoms with E-state index in [-0.39, 0.29) is 5.54 Å². The maximum Gasteiger partial charge on any atom is 0.0445 e. The number of hydrogen-bond acceptors (Lipinski definition) is 3. The zero-order chi connectivity index (χ0) is 10.4. The van der Waals surface area contributed by atoms with Crippen LogP contribution in [0.2, 0.25) is 0 Å². The van der Waals surface area contributed by atoms with Gasteiger partial charge < -0.3 is 16.0 Å². The lowest BCUT2D eigenvalue weighted by Gasteiger charge is -2.28. The van der Waals surface area contributed by atoms with Crippen LogP contribution in [0.5, 0.6) is 0 Å². The van der Waals surface area contributed by atoms with Crippen LogP contribution in [0, 0.1) is 11.8 Å². The third kappa shape index (κ3) is 2.98. The van der Waals surface area contributed by atoms with Gasteiger partial charge in [-0.2, -0.15) is 0 Å². The average Bonchev–Trinajstić information content (AvgIpc) is 2.56. The largest absolute Gasteiger partial charge is 0.329 e. The molecule has 0 aromatic carbocycles. The van der Waals surface area contributed by atoms with Crippen LogP contribution in [-0.2, 0) is 0 Å². The van der Waals surface area contributed by atoms with E-state index in [0.29, 0.717) is 0 Å². The van der Waals surface area contributed by atoms with Crippen LogP contribution in [0.15, 0.2) is 0 Å². The smallest absolute Gasteiger partial charge is 0.0445 e. The maximum atomic E-state index is 5.82. The summed E-state index contributed by atoms with van der Waals surface area (Å²) in [6.07, 6.45) is 2.07. The number of nitrogens with two attached hydrogens (primary N) is 1. The highest BCUT2D eigenvalue weighted by Crippen LogP contribution is 2.18. The molecule has 0 bridgehead atoms. The van der Waals surface area contributed by atoms with Crippen molar-refractivity contribution in [1.29, 1.82) is 0 Å². The van der Waals surface area contributed by atoms with Gasteiger partial charge in [0.1, 0.15) is 0 Å². The Kier molecular flexibility index (Phi) is 4.40. The molecule has 0 spiro atoms. The van der Waals surface area contributed by atoms with Crippen molar-refractivity contribution in [1.82, 2.24) is 10.2 Å². The summed E-state index contributed by atoms with van der Waals surface area (Å²) in [5.74, 6) is 5.96. The monoisotopic (exact) mass is 195 g/mol. The Morgan fingerprint density at radius 3 is 2.86 bits per heavy atom. The molecule has 1 fully saturated rings. The van der Waals surface area contributed by atoms with Crippen LogP contribution in [-0.4, -0.2) is 43.7 Å². The maximum absolute atomic E-state index is 5.82. The molecular weight excluding hydrogens is 174 g/mol. The minimum Gasteiger partial charge on any atom is -0.329 e. The van der Waals surface area contributed by atoms with E-state index in [0.717, 1.165) is 39.0 Å². The van der Waals surface area contributed by atoms with Gasteiger partial charge in [-0.05, 0) is 26.9 Å². The van der Waals surface area contributed by atoms with Crippen molar-refractivity contribution in [2.45, 2.75) is 25.3 Å². The van der Waals surface area contributed by atoms with Gasteiger partial charge in [0.05, 0.1) is 0 Å². The van der Waals surface area contributed by atoms with Crippen molar-refractivity contribution in [3.8, 4) is 11.8 Å². The van der Waals surface area contributed by atoms with Crippen LogP contribution in [0.3, 0.4) is 0 Å². The summed E-state index contributed by atoms with van der Waals surface area (Å²) in [6, 6.07) is 0. The van der Waals surface area contributed by atoms with E-state index in [2.05, 4.69) is 29.1 Å². The molecule has 3 nitrogen and oxygen atoms in total. The van der Waals surface area contributed by atoms with E-state index < -0.39 is 0 Å². The molecule has 1 atom stereocenters. The minimum absolute atomic E-state index is 0.143. The third-order valence-corrected chi connectivity index (χ3v) is 2.86. The van der Waals surface area contributed by atoms with E-state index in [4.69, 9.17) is 5.73 Å². The van der Waals surface area contributed by atoms with Crippen molar-refractivity contribution >= 4 is 0 Å². The van der Waals surface area contributed by atoms with E-state index in [1.165, 1.54) is 0 Å². The van der Waals surface area contributed by atoms with E-state index in [1.807, 2.05) is 6.92 Å². The molecule has 0 amide bonds. The van der Waals surface area contributed by atoms with Gasteiger partial charge in [0.15, 0.2) is 0 Å². The first-order valence-corrected chi connectivity index (χ1v) is 5.26. The number of hydrogen-bond donors (Lipinski definition) is 2. The Morgan fingerprint density at radius 1 is 1.57 bits per heavy atom. The molecule has 14 heavy (non-hydrogen) atoms. The Balaban J connectivity index is 2.33. The SMILES string of the molecule is CC#CCCNC1(CN)CCN(C)C1. The second-order valence-corrected chi connectivity index (χ2v) is 4.08. The molecule has 1 aliphatic heterocycles. The van der Waals surface area contributed by atoms with Gasteiger partial charge in [0.2, 0.25) is 0 Å². The Labute approximate surface area is 87.0 Å². The van der Waals surface area contributed by atoms with Crippen LogP contribution in [0.4, 0.5) is 0 Å². The Morgan fingerprint density at radius 2 is 2.36 bits per heavy atom. The highest BCUT2D eigenvalue weighted by molar-refractivity contribution is 5.00. The van der Waals surface area contributed by atoms with Crippen molar-refractivity contribution in [3.05, 3.63) is 0 Å². The van der Waals surface area contributed by atoms with Crippen molar-refractivity contribution in [2.24, 2.45) is 5.73 Å². The first-order valence-electron chi connectivity index (χ1n) is 5.26. The van der Waals surface area contributed by atoms with Crippen LogP contribution in [0.25, 0.3) is 0 Å². The van der Waals surface area contributed by atoms with Crippen molar-refractivity contribution in [3.63, 3.8) is 0 Å². The molecule has 1 rings (SSSR count). The summed E-state index contributed by atoms with van der Waals surface area (Å²) in [4.78, 5) is 2.32. The molecule has 1 unspecified atom stereocenters. The van der Waals surface area contributed by atoms with Gasteiger partial charge in [-0.25, -0.2) is 0 Å². The lowest BCUT2D eigenvalue weighted by Crippen LogP contribution is -2.53. The second-order valence-electron chi connectivity index (χ2n) is 4.08. The van der Waals surface area contributed by atoms with Crippen molar-refractivity contribution in [2.75, 3.05) is 33.2 Å². The summed E-state index contributed by atoms with van der Waals surface area (Å²) < 4.78 is 0. The van der Waals surface area contributed by atoms with Gasteiger partial charge in [-0.3, -0.25) is 0 Å². The van der Waals surface area contributed by atoms with Crippen LogP contribution >= 0.6 is 0 Å². The van der Waals surface area contributed by atoms with Gasteiger partial charge in [0.25, 0.3) is 0 Å². The number of nitrogens with one attached hydrogen (secondary N) is 1. The van der Waals surface area contributed by atoms with E-state index in [1.54, 1.807) is 0 Å². The van der Waals surface area contributed by atoms with E-state index >= 15 is 0 Å². The fourth-order valence-corrected chi connectivity index (χ4v) is 1.98. The lowest BCUT2D eigenvalue weighted by atomic mass is 9.99. The normalized spacial score (nSPS) is 27.4. The quantitative estimate of drug-likeness (QED) is 0.491. The number of likely N-dealkylation sites (N-methyl/N-ethyl adjacent to an activating group) is 1. The van der Waals surface area contributed by atoms with Gasteiger partial charge in [-0.1, -0.05) is 0 Å². The first kappa shape index (κ1) is 11.5. The predicted octanol–water partition coefficient (Wildman–Crippen LogP) is 0.0224. The van der Waals surface area contributed by atoms with Crippen LogP contribution in [0.1, 0.15) is 19.8 Å². The van der Waals surface area contributed by atoms with E-state index in [9.17, 15) is 0 Å². The Hall–Kier alpha value is -0.560. The predicted molar refractivity (Wildman–Crippen MR) is 60.0 cm³/mol. The lowest BCUT2D eigenvalue weighted by molar-refractivity contribution is 0.319. The zero-order valence-corrected chi connectivity index (χ0v) is 9.27. The minimum atomic E-state index is 0.143. The van der Waals surface area contributed by atoms with Gasteiger partial charge >= 0.3 is 0 Å². The fraction of sp³-hybridized carbons (Fsp3) is 0.818. The first-order chi connectivity index (χ1) is 6.72. The van der Waals surface area contributed by atoms with Crippen LogP contribution < -0.4 is 11.1 Å². The zero-order valence-electron chi connectivity index (χ0n) is 9.27. The van der Waals surface area contributed by atoms with Crippen molar-refractivity contribution < 1.29 is 0 Å². The summed E-state index contributed by atoms with van der Waals surface area (Å²) in [5.41, 5.74) is 5.96. The highest BCUT2D eigenvalue weighted by Gasteiger charge is 2.34. The molecule has 0 saturated carbocycles. The third-order valence-electron chi connectivity index (χ3n) is 2.86. The average molecular weight is 195 g/mol. The fourth-order valence-electron chi connectivity index (χ4n) is 1.98. The molecule has 3 N–H and O–H groups in total. The molecule has 0 aliphatic carbocycles.